The van der Waals surface area contributed by atoms with Crippen LogP contribution >= 0.6 is 0 Å². The Morgan fingerprint density at radius 1 is 1.29 bits per heavy atom. The molecule has 9 nitrogen and oxygen atoms in total. The lowest BCUT2D eigenvalue weighted by atomic mass is 10.2. The molecule has 1 aliphatic rings. The number of carbonyl (C=O) groups is 2. The van der Waals surface area contributed by atoms with Crippen LogP contribution in [0.4, 0.5) is 5.95 Å². The first kappa shape index (κ1) is 14.8. The molecule has 9 heteroatoms. The molecule has 1 aliphatic heterocycles. The van der Waals surface area contributed by atoms with Crippen molar-refractivity contribution in [1.82, 2.24) is 15.2 Å². The zero-order valence-electron chi connectivity index (χ0n) is 11.7. The number of oxime groups is 1. The number of carboxylic acid groups (broad SMARTS) is 1. The van der Waals surface area contributed by atoms with E-state index in [4.69, 9.17) is 9.94 Å². The molecule has 1 aromatic heterocycles. The van der Waals surface area contributed by atoms with Gasteiger partial charge in [-0.2, -0.15) is 0 Å². The van der Waals surface area contributed by atoms with Crippen molar-refractivity contribution in [3.8, 4) is 0 Å². The molecule has 0 aromatic carbocycles. The van der Waals surface area contributed by atoms with Crippen molar-refractivity contribution in [2.75, 3.05) is 5.32 Å². The van der Waals surface area contributed by atoms with Gasteiger partial charge >= 0.3 is 5.97 Å². The lowest BCUT2D eigenvalue weighted by Crippen LogP contribution is -2.30. The van der Waals surface area contributed by atoms with Gasteiger partial charge in [-0.25, -0.2) is 9.78 Å². The number of amides is 1. The Morgan fingerprint density at radius 3 is 2.57 bits per heavy atom. The van der Waals surface area contributed by atoms with Crippen molar-refractivity contribution >= 4 is 23.5 Å². The number of carboxylic acids is 1. The molecule has 1 atom stereocenters. The third kappa shape index (κ3) is 3.30. The van der Waals surface area contributed by atoms with E-state index in [1.807, 2.05) is 13.8 Å². The van der Waals surface area contributed by atoms with Crippen LogP contribution in [0.15, 0.2) is 5.16 Å². The van der Waals surface area contributed by atoms with Crippen LogP contribution < -0.4 is 5.32 Å². The van der Waals surface area contributed by atoms with E-state index in [2.05, 4.69) is 25.7 Å². The quantitative estimate of drug-likeness (QED) is 0.791. The Hall–Kier alpha value is -2.58. The first-order valence-corrected chi connectivity index (χ1v) is 6.54. The summed E-state index contributed by atoms with van der Waals surface area (Å²) in [5.74, 6) is -1.69. The Labute approximate surface area is 120 Å². The fourth-order valence-corrected chi connectivity index (χ4v) is 1.83. The molecule has 2 rings (SSSR count). The van der Waals surface area contributed by atoms with E-state index < -0.39 is 18.0 Å². The van der Waals surface area contributed by atoms with E-state index in [9.17, 15) is 9.59 Å². The lowest BCUT2D eigenvalue weighted by molar-refractivity contribution is -0.129. The van der Waals surface area contributed by atoms with Crippen molar-refractivity contribution in [2.45, 2.75) is 39.2 Å². The normalized spacial score (nSPS) is 17.0. The Morgan fingerprint density at radius 2 is 2.00 bits per heavy atom. The summed E-state index contributed by atoms with van der Waals surface area (Å²) in [6.45, 7) is 3.88. The van der Waals surface area contributed by atoms with Crippen LogP contribution in [0.1, 0.15) is 31.7 Å². The number of nitrogens with one attached hydrogen (secondary N) is 1. The Bertz CT molecular complexity index is 601. The van der Waals surface area contributed by atoms with Crippen LogP contribution in [0, 0.1) is 0 Å². The number of aryl methyl sites for hydroxylation is 2. The zero-order chi connectivity index (χ0) is 15.4. The average molecular weight is 293 g/mol. The largest absolute Gasteiger partial charge is 0.477 e. The van der Waals surface area contributed by atoms with E-state index in [-0.39, 0.29) is 18.1 Å². The second kappa shape index (κ2) is 6.25. The fourth-order valence-electron chi connectivity index (χ4n) is 1.83. The second-order valence-electron chi connectivity index (χ2n) is 4.37. The van der Waals surface area contributed by atoms with Gasteiger partial charge in [-0.05, 0) is 12.8 Å². The van der Waals surface area contributed by atoms with Crippen LogP contribution in [0.3, 0.4) is 0 Å². The van der Waals surface area contributed by atoms with E-state index in [0.717, 1.165) is 11.4 Å². The van der Waals surface area contributed by atoms with E-state index in [1.165, 1.54) is 0 Å². The van der Waals surface area contributed by atoms with Gasteiger partial charge in [0.15, 0.2) is 5.71 Å². The minimum absolute atomic E-state index is 0.0708. The minimum Gasteiger partial charge on any atom is -0.477 e. The molecule has 1 unspecified atom stereocenters. The predicted molar refractivity (Wildman–Crippen MR) is 71.8 cm³/mol. The van der Waals surface area contributed by atoms with Crippen LogP contribution in [-0.2, 0) is 27.3 Å². The highest BCUT2D eigenvalue weighted by molar-refractivity contribution is 6.36. The summed E-state index contributed by atoms with van der Waals surface area (Å²) < 4.78 is 0. The number of hydrogen-bond acceptors (Lipinski definition) is 7. The fraction of sp³-hybridized carbons (Fsp3) is 0.500. The molecule has 21 heavy (non-hydrogen) atoms. The van der Waals surface area contributed by atoms with Gasteiger partial charge in [0, 0.05) is 6.42 Å². The third-order valence-electron chi connectivity index (χ3n) is 2.95. The summed E-state index contributed by atoms with van der Waals surface area (Å²) in [5, 5.41) is 22.4. The summed E-state index contributed by atoms with van der Waals surface area (Å²) in [6, 6.07) is 0. The number of aromatic nitrogens is 3. The third-order valence-corrected chi connectivity index (χ3v) is 2.95. The number of anilines is 1. The molecule has 0 saturated heterocycles. The van der Waals surface area contributed by atoms with E-state index in [0.29, 0.717) is 12.8 Å². The molecule has 0 spiro atoms. The Kier molecular flexibility index (Phi) is 4.41. The van der Waals surface area contributed by atoms with Crippen LogP contribution in [0.5, 0.6) is 0 Å². The molecular formula is C12H15N5O4. The maximum Gasteiger partial charge on any atom is 0.353 e. The number of nitrogens with zero attached hydrogens (tertiary/aromatic N) is 4. The number of rotatable bonds is 5. The van der Waals surface area contributed by atoms with Gasteiger partial charge in [0.2, 0.25) is 12.1 Å². The predicted octanol–water partition coefficient (Wildman–Crippen LogP) is 0.164. The van der Waals surface area contributed by atoms with Crippen molar-refractivity contribution in [3.63, 3.8) is 0 Å². The van der Waals surface area contributed by atoms with Crippen molar-refractivity contribution in [3.05, 3.63) is 11.4 Å². The maximum atomic E-state index is 11.9. The number of aliphatic carboxylic acids is 1. The molecule has 1 amide bonds. The zero-order valence-corrected chi connectivity index (χ0v) is 11.7. The maximum absolute atomic E-state index is 11.9. The number of carbonyl (C=O) groups excluding carboxylic acids is 1. The highest BCUT2D eigenvalue weighted by Crippen LogP contribution is 2.13. The van der Waals surface area contributed by atoms with Gasteiger partial charge in [0.25, 0.3) is 5.91 Å². The molecule has 0 fully saturated rings. The van der Waals surface area contributed by atoms with Gasteiger partial charge < -0.3 is 9.94 Å². The van der Waals surface area contributed by atoms with Crippen LogP contribution in [0.2, 0.25) is 0 Å². The minimum atomic E-state index is -1.20. The molecule has 2 N–H and O–H groups in total. The molecule has 0 bridgehead atoms. The summed E-state index contributed by atoms with van der Waals surface area (Å²) in [4.78, 5) is 31.6. The van der Waals surface area contributed by atoms with Crippen molar-refractivity contribution in [1.29, 1.82) is 0 Å². The van der Waals surface area contributed by atoms with Crippen molar-refractivity contribution < 1.29 is 19.5 Å². The van der Waals surface area contributed by atoms with Crippen molar-refractivity contribution in [2.24, 2.45) is 5.16 Å². The summed E-state index contributed by atoms with van der Waals surface area (Å²) in [7, 11) is 0. The lowest BCUT2D eigenvalue weighted by Gasteiger charge is -2.09. The van der Waals surface area contributed by atoms with E-state index in [1.54, 1.807) is 0 Å². The monoisotopic (exact) mass is 293 g/mol. The smallest absolute Gasteiger partial charge is 0.353 e. The average Bonchev–Trinajstić information content (AvgIpc) is 2.97. The molecule has 112 valence electrons. The van der Waals surface area contributed by atoms with E-state index >= 15 is 0 Å². The van der Waals surface area contributed by atoms with Gasteiger partial charge in [-0.1, -0.05) is 19.0 Å². The summed E-state index contributed by atoms with van der Waals surface area (Å²) in [5.41, 5.74) is 1.35. The first-order valence-electron chi connectivity index (χ1n) is 6.54. The summed E-state index contributed by atoms with van der Waals surface area (Å²) in [6.07, 6.45) is 0.297. The van der Waals surface area contributed by atoms with Gasteiger partial charge in [0.05, 0.1) is 11.4 Å². The SMILES string of the molecule is CCc1nnc(NC(=O)C2CC(C(=O)O)=NO2)nc1CC. The van der Waals surface area contributed by atoms with Gasteiger partial charge in [0.1, 0.15) is 0 Å². The first-order chi connectivity index (χ1) is 10.0. The molecular weight excluding hydrogens is 278 g/mol. The highest BCUT2D eigenvalue weighted by atomic mass is 16.6. The van der Waals surface area contributed by atoms with Gasteiger partial charge in [-0.15, -0.1) is 10.2 Å². The standard InChI is InChI=1S/C12H15N5O4/c1-3-6-7(4-2)15-16-12(13-6)14-10(18)9-5-8(11(19)20)17-21-9/h9H,3-5H2,1-2H3,(H,19,20)(H,13,14,16,18). The van der Waals surface area contributed by atoms with Crippen LogP contribution in [0.25, 0.3) is 0 Å². The summed E-state index contributed by atoms with van der Waals surface area (Å²) >= 11 is 0. The molecule has 0 radical (unpaired) electrons. The van der Waals surface area contributed by atoms with Gasteiger partial charge in [-0.3, -0.25) is 10.1 Å². The Balaban J connectivity index is 2.02. The molecule has 0 aliphatic carbocycles. The molecule has 1 aromatic rings. The molecule has 0 saturated carbocycles. The molecule has 2 heterocycles. The topological polar surface area (TPSA) is 127 Å². The van der Waals surface area contributed by atoms with Crippen LogP contribution in [-0.4, -0.2) is 44.0 Å². The number of hydrogen-bond donors (Lipinski definition) is 2. The highest BCUT2D eigenvalue weighted by Gasteiger charge is 2.32. The second-order valence-corrected chi connectivity index (χ2v) is 4.37.